The van der Waals surface area contributed by atoms with Crippen LogP contribution in [0.15, 0.2) is 28.7 Å². The van der Waals surface area contributed by atoms with Gasteiger partial charge in [0.2, 0.25) is 5.91 Å². The molecule has 1 fully saturated rings. The molecule has 0 aromatic heterocycles. The van der Waals surface area contributed by atoms with Crippen molar-refractivity contribution in [3.63, 3.8) is 0 Å². The van der Waals surface area contributed by atoms with Crippen LogP contribution >= 0.6 is 15.9 Å². The molecule has 2 atom stereocenters. The molecule has 2 rings (SSSR count). The van der Waals surface area contributed by atoms with Crippen molar-refractivity contribution in [2.45, 2.75) is 44.6 Å². The number of hydrogen-bond donors (Lipinski definition) is 2. The Bertz CT molecular complexity index is 470. The van der Waals surface area contributed by atoms with Crippen LogP contribution in [0.5, 0.6) is 0 Å². The molecule has 1 amide bonds. The molecule has 0 heterocycles. The Kier molecular flexibility index (Phi) is 4.86. The minimum absolute atomic E-state index is 0.0137. The standard InChI is InChI=1S/C16H22BrNO2/c1-16(2,11-6-8-12(17)9-7-11)10-18-15(20)13-4-3-5-14(13)19/h6-9,13-14,19H,3-5,10H2,1-2H3,(H,18,20). The summed E-state index contributed by atoms with van der Waals surface area (Å²) in [4.78, 5) is 12.1. The second-order valence-electron chi connectivity index (χ2n) is 6.21. The van der Waals surface area contributed by atoms with Crippen LogP contribution in [-0.2, 0) is 10.2 Å². The first kappa shape index (κ1) is 15.5. The summed E-state index contributed by atoms with van der Waals surface area (Å²) < 4.78 is 1.05. The van der Waals surface area contributed by atoms with Gasteiger partial charge in [0.15, 0.2) is 0 Å². The van der Waals surface area contributed by atoms with Crippen LogP contribution in [0.4, 0.5) is 0 Å². The number of halogens is 1. The van der Waals surface area contributed by atoms with Gasteiger partial charge in [-0.1, -0.05) is 41.9 Å². The van der Waals surface area contributed by atoms with Gasteiger partial charge in [-0.2, -0.15) is 0 Å². The predicted molar refractivity (Wildman–Crippen MR) is 83.5 cm³/mol. The number of aliphatic hydroxyl groups excluding tert-OH is 1. The Morgan fingerprint density at radius 2 is 2.00 bits per heavy atom. The number of benzene rings is 1. The third-order valence-electron chi connectivity index (χ3n) is 4.15. The monoisotopic (exact) mass is 339 g/mol. The molecule has 3 nitrogen and oxygen atoms in total. The molecule has 1 saturated carbocycles. The lowest BCUT2D eigenvalue weighted by Gasteiger charge is -2.27. The average molecular weight is 340 g/mol. The Balaban J connectivity index is 1.95. The molecule has 0 aliphatic heterocycles. The molecule has 0 spiro atoms. The fourth-order valence-corrected chi connectivity index (χ4v) is 2.95. The van der Waals surface area contributed by atoms with E-state index in [1.807, 2.05) is 12.1 Å². The molecular formula is C16H22BrNO2. The lowest BCUT2D eigenvalue weighted by molar-refractivity contribution is -0.127. The van der Waals surface area contributed by atoms with Crippen LogP contribution in [0.2, 0.25) is 0 Å². The Labute approximate surface area is 128 Å². The van der Waals surface area contributed by atoms with Gasteiger partial charge in [0.05, 0.1) is 12.0 Å². The van der Waals surface area contributed by atoms with Gasteiger partial charge in [-0.3, -0.25) is 4.79 Å². The first-order valence-corrected chi connectivity index (χ1v) is 7.91. The minimum Gasteiger partial charge on any atom is -0.392 e. The van der Waals surface area contributed by atoms with Crippen LogP contribution in [-0.4, -0.2) is 23.7 Å². The normalized spacial score (nSPS) is 22.8. The van der Waals surface area contributed by atoms with Gasteiger partial charge in [-0.15, -0.1) is 0 Å². The van der Waals surface area contributed by atoms with Crippen LogP contribution in [0, 0.1) is 5.92 Å². The Hall–Kier alpha value is -0.870. The van der Waals surface area contributed by atoms with Gasteiger partial charge in [0, 0.05) is 16.4 Å². The van der Waals surface area contributed by atoms with E-state index in [1.54, 1.807) is 0 Å². The molecule has 0 bridgehead atoms. The van der Waals surface area contributed by atoms with Gasteiger partial charge in [0.1, 0.15) is 0 Å². The summed E-state index contributed by atoms with van der Waals surface area (Å²) in [6, 6.07) is 8.17. The number of aliphatic hydroxyl groups is 1. The fraction of sp³-hybridized carbons (Fsp3) is 0.562. The second-order valence-corrected chi connectivity index (χ2v) is 7.13. The minimum atomic E-state index is -0.467. The maximum absolute atomic E-state index is 12.1. The van der Waals surface area contributed by atoms with Gasteiger partial charge < -0.3 is 10.4 Å². The Morgan fingerprint density at radius 3 is 2.55 bits per heavy atom. The first-order valence-electron chi connectivity index (χ1n) is 7.12. The molecule has 20 heavy (non-hydrogen) atoms. The topological polar surface area (TPSA) is 49.3 Å². The van der Waals surface area contributed by atoms with E-state index in [9.17, 15) is 9.90 Å². The molecule has 1 aromatic rings. The molecule has 1 aliphatic carbocycles. The first-order chi connectivity index (χ1) is 9.40. The number of nitrogens with one attached hydrogen (secondary N) is 1. The molecule has 0 saturated heterocycles. The van der Waals surface area contributed by atoms with Gasteiger partial charge in [-0.25, -0.2) is 0 Å². The maximum Gasteiger partial charge on any atom is 0.225 e. The highest BCUT2D eigenvalue weighted by Crippen LogP contribution is 2.27. The molecule has 1 aliphatic rings. The molecular weight excluding hydrogens is 318 g/mol. The highest BCUT2D eigenvalue weighted by atomic mass is 79.9. The van der Waals surface area contributed by atoms with E-state index in [0.29, 0.717) is 6.54 Å². The van der Waals surface area contributed by atoms with Crippen LogP contribution in [0.3, 0.4) is 0 Å². The maximum atomic E-state index is 12.1. The number of rotatable bonds is 4. The summed E-state index contributed by atoms with van der Waals surface area (Å²) in [5.41, 5.74) is 1.06. The van der Waals surface area contributed by atoms with Crippen molar-refractivity contribution in [2.75, 3.05) is 6.54 Å². The zero-order valence-electron chi connectivity index (χ0n) is 12.0. The fourth-order valence-electron chi connectivity index (χ4n) is 2.69. The lowest BCUT2D eigenvalue weighted by atomic mass is 9.84. The van der Waals surface area contributed by atoms with E-state index in [4.69, 9.17) is 0 Å². The highest BCUT2D eigenvalue weighted by molar-refractivity contribution is 9.10. The Morgan fingerprint density at radius 1 is 1.35 bits per heavy atom. The lowest BCUT2D eigenvalue weighted by Crippen LogP contribution is -2.41. The smallest absolute Gasteiger partial charge is 0.225 e. The van der Waals surface area contributed by atoms with Crippen molar-refractivity contribution in [2.24, 2.45) is 5.92 Å². The van der Waals surface area contributed by atoms with Crippen molar-refractivity contribution in [3.05, 3.63) is 34.3 Å². The molecule has 4 heteroatoms. The third-order valence-corrected chi connectivity index (χ3v) is 4.68. The molecule has 110 valence electrons. The van der Waals surface area contributed by atoms with Crippen LogP contribution < -0.4 is 5.32 Å². The molecule has 0 radical (unpaired) electrons. The average Bonchev–Trinajstić information content (AvgIpc) is 2.83. The summed E-state index contributed by atoms with van der Waals surface area (Å²) >= 11 is 3.43. The summed E-state index contributed by atoms with van der Waals surface area (Å²) in [5, 5.41) is 12.8. The summed E-state index contributed by atoms with van der Waals surface area (Å²) in [5.74, 6) is -0.240. The van der Waals surface area contributed by atoms with Crippen molar-refractivity contribution in [3.8, 4) is 0 Å². The summed E-state index contributed by atoms with van der Waals surface area (Å²) in [7, 11) is 0. The van der Waals surface area contributed by atoms with Crippen molar-refractivity contribution in [1.29, 1.82) is 0 Å². The zero-order valence-corrected chi connectivity index (χ0v) is 13.6. The van der Waals surface area contributed by atoms with Crippen molar-refractivity contribution in [1.82, 2.24) is 5.32 Å². The van der Waals surface area contributed by atoms with E-state index in [0.717, 1.165) is 23.7 Å². The second kappa shape index (κ2) is 6.27. The van der Waals surface area contributed by atoms with Gasteiger partial charge in [-0.05, 0) is 37.0 Å². The van der Waals surface area contributed by atoms with Crippen molar-refractivity contribution < 1.29 is 9.90 Å². The van der Waals surface area contributed by atoms with E-state index >= 15 is 0 Å². The predicted octanol–water partition coefficient (Wildman–Crippen LogP) is 3.00. The number of carbonyl (C=O) groups is 1. The van der Waals surface area contributed by atoms with Crippen molar-refractivity contribution >= 4 is 21.8 Å². The quantitative estimate of drug-likeness (QED) is 0.885. The number of amides is 1. The summed E-state index contributed by atoms with van der Waals surface area (Å²) in [6.07, 6.45) is 2.01. The molecule has 2 unspecified atom stereocenters. The zero-order chi connectivity index (χ0) is 14.8. The summed E-state index contributed by atoms with van der Waals surface area (Å²) in [6.45, 7) is 4.81. The molecule has 1 aromatic carbocycles. The molecule has 2 N–H and O–H groups in total. The number of carbonyl (C=O) groups excluding carboxylic acids is 1. The van der Waals surface area contributed by atoms with Crippen LogP contribution in [0.25, 0.3) is 0 Å². The van der Waals surface area contributed by atoms with E-state index in [-0.39, 0.29) is 17.2 Å². The van der Waals surface area contributed by atoms with Crippen LogP contribution in [0.1, 0.15) is 38.7 Å². The highest BCUT2D eigenvalue weighted by Gasteiger charge is 2.32. The van der Waals surface area contributed by atoms with Gasteiger partial charge in [0.25, 0.3) is 0 Å². The van der Waals surface area contributed by atoms with E-state index in [2.05, 4.69) is 47.2 Å². The number of hydrogen-bond acceptors (Lipinski definition) is 2. The SMILES string of the molecule is CC(C)(CNC(=O)C1CCCC1O)c1ccc(Br)cc1. The third kappa shape index (κ3) is 3.61. The van der Waals surface area contributed by atoms with E-state index in [1.165, 1.54) is 5.56 Å². The van der Waals surface area contributed by atoms with Gasteiger partial charge >= 0.3 is 0 Å². The van der Waals surface area contributed by atoms with E-state index < -0.39 is 6.10 Å². The largest absolute Gasteiger partial charge is 0.392 e.